The number of nitrogens with zero attached hydrogens (tertiary/aromatic N) is 1. The minimum atomic E-state index is -3.09. The second-order valence-electron chi connectivity index (χ2n) is 5.28. The maximum absolute atomic E-state index is 12.4. The van der Waals surface area contributed by atoms with Gasteiger partial charge in [0.05, 0.1) is 17.8 Å². The molecule has 1 aromatic heterocycles. The largest absolute Gasteiger partial charge is 0.334 e. The Balaban J connectivity index is 2.03. The fourth-order valence-corrected chi connectivity index (χ4v) is 4.13. The zero-order valence-corrected chi connectivity index (χ0v) is 13.3. The van der Waals surface area contributed by atoms with Gasteiger partial charge in [0.25, 0.3) is 0 Å². The molecule has 0 spiro atoms. The molecule has 0 saturated carbocycles. The third-order valence-electron chi connectivity index (χ3n) is 3.68. The van der Waals surface area contributed by atoms with E-state index in [1.165, 1.54) is 10.4 Å². The van der Waals surface area contributed by atoms with E-state index in [9.17, 15) is 13.2 Å². The Hall–Kier alpha value is -0.920. The molecule has 0 bridgehead atoms. The van der Waals surface area contributed by atoms with Crippen LogP contribution in [-0.2, 0) is 21.1 Å². The molecule has 2 rings (SSSR count). The summed E-state index contributed by atoms with van der Waals surface area (Å²) in [4.78, 5) is 15.5. The van der Waals surface area contributed by atoms with E-state index in [2.05, 4.69) is 0 Å². The van der Waals surface area contributed by atoms with Crippen LogP contribution in [0.4, 0.5) is 0 Å². The van der Waals surface area contributed by atoms with E-state index in [-0.39, 0.29) is 24.1 Å². The fourth-order valence-electron chi connectivity index (χ4n) is 2.49. The Morgan fingerprint density at radius 1 is 1.60 bits per heavy atom. The summed E-state index contributed by atoms with van der Waals surface area (Å²) in [5.41, 5.74) is 7.04. The van der Waals surface area contributed by atoms with E-state index in [1.54, 1.807) is 16.2 Å². The van der Waals surface area contributed by atoms with Crippen molar-refractivity contribution in [2.24, 2.45) is 5.73 Å². The Bertz CT molecular complexity index is 595. The van der Waals surface area contributed by atoms with Gasteiger partial charge in [0, 0.05) is 17.7 Å². The lowest BCUT2D eigenvalue weighted by Gasteiger charge is -2.35. The summed E-state index contributed by atoms with van der Waals surface area (Å²) >= 11 is 1.72. The first-order valence-electron chi connectivity index (χ1n) is 6.59. The van der Waals surface area contributed by atoms with Gasteiger partial charge in [-0.05, 0) is 36.8 Å². The van der Waals surface area contributed by atoms with Crippen LogP contribution < -0.4 is 5.73 Å². The molecule has 2 atom stereocenters. The summed E-state index contributed by atoms with van der Waals surface area (Å²) in [6.07, 6.45) is 2.19. The van der Waals surface area contributed by atoms with Gasteiger partial charge < -0.3 is 10.6 Å². The van der Waals surface area contributed by atoms with Gasteiger partial charge in [0.2, 0.25) is 5.91 Å². The maximum atomic E-state index is 12.4. The molecule has 1 aliphatic heterocycles. The Labute approximate surface area is 123 Å². The first kappa shape index (κ1) is 15.5. The standard InChI is InChI=1S/C13H20N2O3S2/c1-9-10-4-7-19-12(10)3-6-15(9)13(16)11(14)5-8-20(2,17)18/h4,7,9,11H,3,5-6,8,14H2,1-2H3. The van der Waals surface area contributed by atoms with E-state index in [4.69, 9.17) is 5.73 Å². The van der Waals surface area contributed by atoms with Crippen molar-refractivity contribution in [3.8, 4) is 0 Å². The Morgan fingerprint density at radius 3 is 2.95 bits per heavy atom. The summed E-state index contributed by atoms with van der Waals surface area (Å²) in [6, 6.07) is 1.32. The third-order valence-corrected chi connectivity index (χ3v) is 5.65. The second kappa shape index (κ2) is 5.83. The van der Waals surface area contributed by atoms with Crippen molar-refractivity contribution in [1.29, 1.82) is 0 Å². The van der Waals surface area contributed by atoms with E-state index in [1.807, 2.05) is 18.4 Å². The number of carbonyl (C=O) groups is 1. The highest BCUT2D eigenvalue weighted by Crippen LogP contribution is 2.33. The normalized spacial score (nSPS) is 20.6. The van der Waals surface area contributed by atoms with E-state index in [0.717, 1.165) is 12.7 Å². The number of nitrogens with two attached hydrogens (primary N) is 1. The molecule has 2 unspecified atom stereocenters. The molecular weight excluding hydrogens is 296 g/mol. The monoisotopic (exact) mass is 316 g/mol. The highest BCUT2D eigenvalue weighted by Gasteiger charge is 2.31. The lowest BCUT2D eigenvalue weighted by Crippen LogP contribution is -2.47. The molecule has 7 heteroatoms. The quantitative estimate of drug-likeness (QED) is 0.897. The topological polar surface area (TPSA) is 80.5 Å². The SMILES string of the molecule is CC1c2ccsc2CCN1C(=O)C(N)CCS(C)(=O)=O. The Kier molecular flexibility index (Phi) is 4.51. The van der Waals surface area contributed by atoms with Crippen molar-refractivity contribution >= 4 is 27.1 Å². The summed E-state index contributed by atoms with van der Waals surface area (Å²) in [7, 11) is -3.09. The molecule has 0 fully saturated rings. The number of hydrogen-bond acceptors (Lipinski definition) is 5. The predicted octanol–water partition coefficient (Wildman–Crippen LogP) is 0.956. The average molecular weight is 316 g/mol. The van der Waals surface area contributed by atoms with Crippen LogP contribution in [0.5, 0.6) is 0 Å². The number of carbonyl (C=O) groups excluding carboxylic acids is 1. The molecule has 2 heterocycles. The molecule has 1 amide bonds. The maximum Gasteiger partial charge on any atom is 0.240 e. The minimum Gasteiger partial charge on any atom is -0.334 e. The van der Waals surface area contributed by atoms with Crippen molar-refractivity contribution in [2.75, 3.05) is 18.6 Å². The minimum absolute atomic E-state index is 0.0155. The molecule has 112 valence electrons. The number of amides is 1. The van der Waals surface area contributed by atoms with Gasteiger partial charge in [0.1, 0.15) is 9.84 Å². The summed E-state index contributed by atoms with van der Waals surface area (Å²) in [5, 5.41) is 2.04. The second-order valence-corrected chi connectivity index (χ2v) is 8.54. The van der Waals surface area contributed by atoms with E-state index < -0.39 is 15.9 Å². The molecule has 0 aliphatic carbocycles. The number of fused-ring (bicyclic) bond motifs is 1. The van der Waals surface area contributed by atoms with Crippen molar-refractivity contribution in [3.63, 3.8) is 0 Å². The Morgan fingerprint density at radius 2 is 2.30 bits per heavy atom. The highest BCUT2D eigenvalue weighted by atomic mass is 32.2. The lowest BCUT2D eigenvalue weighted by atomic mass is 10.0. The first-order chi connectivity index (χ1) is 9.29. The van der Waals surface area contributed by atoms with Crippen LogP contribution in [0.3, 0.4) is 0 Å². The fraction of sp³-hybridized carbons (Fsp3) is 0.615. The van der Waals surface area contributed by atoms with E-state index in [0.29, 0.717) is 6.54 Å². The molecule has 5 nitrogen and oxygen atoms in total. The van der Waals surface area contributed by atoms with Gasteiger partial charge in [-0.2, -0.15) is 0 Å². The molecule has 2 N–H and O–H groups in total. The predicted molar refractivity (Wildman–Crippen MR) is 80.5 cm³/mol. The number of thiophene rings is 1. The summed E-state index contributed by atoms with van der Waals surface area (Å²) < 4.78 is 22.3. The molecule has 20 heavy (non-hydrogen) atoms. The van der Waals surface area contributed by atoms with Crippen molar-refractivity contribution < 1.29 is 13.2 Å². The molecule has 0 saturated heterocycles. The summed E-state index contributed by atoms with van der Waals surface area (Å²) in [5.74, 6) is -0.204. The van der Waals surface area contributed by atoms with Crippen LogP contribution in [0.1, 0.15) is 29.8 Å². The van der Waals surface area contributed by atoms with Crippen LogP contribution in [0.25, 0.3) is 0 Å². The van der Waals surface area contributed by atoms with Crippen molar-refractivity contribution in [2.45, 2.75) is 31.8 Å². The average Bonchev–Trinajstić information content (AvgIpc) is 2.84. The molecule has 0 radical (unpaired) electrons. The van der Waals surface area contributed by atoms with Crippen LogP contribution in [-0.4, -0.2) is 43.8 Å². The van der Waals surface area contributed by atoms with Crippen LogP contribution in [0.15, 0.2) is 11.4 Å². The molecular formula is C13H20N2O3S2. The smallest absolute Gasteiger partial charge is 0.240 e. The van der Waals surface area contributed by atoms with Crippen LogP contribution in [0.2, 0.25) is 0 Å². The van der Waals surface area contributed by atoms with Crippen molar-refractivity contribution in [1.82, 2.24) is 4.90 Å². The van der Waals surface area contributed by atoms with Crippen LogP contribution in [0, 0.1) is 0 Å². The molecule has 1 aromatic rings. The number of hydrogen-bond donors (Lipinski definition) is 1. The van der Waals surface area contributed by atoms with Gasteiger partial charge >= 0.3 is 0 Å². The van der Waals surface area contributed by atoms with Gasteiger partial charge in [-0.15, -0.1) is 11.3 Å². The number of rotatable bonds is 4. The van der Waals surface area contributed by atoms with Gasteiger partial charge in [-0.3, -0.25) is 4.79 Å². The molecule has 0 aromatic carbocycles. The zero-order valence-electron chi connectivity index (χ0n) is 11.7. The highest BCUT2D eigenvalue weighted by molar-refractivity contribution is 7.90. The van der Waals surface area contributed by atoms with Gasteiger partial charge in [-0.25, -0.2) is 8.42 Å². The van der Waals surface area contributed by atoms with Crippen LogP contribution >= 0.6 is 11.3 Å². The van der Waals surface area contributed by atoms with Gasteiger partial charge in [0.15, 0.2) is 0 Å². The summed E-state index contributed by atoms with van der Waals surface area (Å²) in [6.45, 7) is 2.64. The van der Waals surface area contributed by atoms with E-state index >= 15 is 0 Å². The first-order valence-corrected chi connectivity index (χ1v) is 9.53. The third kappa shape index (κ3) is 3.39. The van der Waals surface area contributed by atoms with Gasteiger partial charge in [-0.1, -0.05) is 0 Å². The molecule has 1 aliphatic rings. The lowest BCUT2D eigenvalue weighted by molar-refractivity contribution is -0.135. The number of sulfone groups is 1. The van der Waals surface area contributed by atoms with Crippen molar-refractivity contribution in [3.05, 3.63) is 21.9 Å². The zero-order chi connectivity index (χ0) is 14.9.